The fourth-order valence-corrected chi connectivity index (χ4v) is 8.73. The van der Waals surface area contributed by atoms with Gasteiger partial charge in [-0.05, 0) is 91.6 Å². The van der Waals surface area contributed by atoms with Gasteiger partial charge < -0.3 is 24.2 Å². The minimum absolute atomic E-state index is 0.121. The third-order valence-corrected chi connectivity index (χ3v) is 11.9. The molecule has 0 N–H and O–H groups in total. The molecule has 3 aliphatic heterocycles. The van der Waals surface area contributed by atoms with Crippen molar-refractivity contribution in [2.75, 3.05) is 45.2 Å². The molecule has 0 bridgehead atoms. The maximum atomic E-state index is 17.6. The zero-order valence-corrected chi connectivity index (χ0v) is 33.5. The summed E-state index contributed by atoms with van der Waals surface area (Å²) >= 11 is 14.1. The van der Waals surface area contributed by atoms with Gasteiger partial charge in [0.15, 0.2) is 23.4 Å². The second-order valence-electron chi connectivity index (χ2n) is 16.2. The van der Waals surface area contributed by atoms with Crippen LogP contribution in [0.1, 0.15) is 77.1 Å². The lowest BCUT2D eigenvalue weighted by molar-refractivity contribution is -0.0366. The van der Waals surface area contributed by atoms with Gasteiger partial charge in [0.05, 0.1) is 41.3 Å². The fraction of sp³-hybridized carbons (Fsp3) is 0.538. The number of amides is 1. The number of aromatic nitrogens is 6. The predicted molar refractivity (Wildman–Crippen MR) is 210 cm³/mol. The van der Waals surface area contributed by atoms with Crippen molar-refractivity contribution in [1.29, 1.82) is 5.26 Å². The third kappa shape index (κ3) is 6.62. The van der Waals surface area contributed by atoms with Crippen molar-refractivity contribution in [1.82, 2.24) is 39.6 Å². The van der Waals surface area contributed by atoms with E-state index >= 15 is 4.39 Å². The number of likely N-dealkylation sites (tertiary alicyclic amines) is 1. The van der Waals surface area contributed by atoms with Crippen molar-refractivity contribution in [3.8, 4) is 17.2 Å². The number of nitriles is 1. The smallest absolute Gasteiger partial charge is 0.410 e. The van der Waals surface area contributed by atoms with E-state index in [1.54, 1.807) is 17.2 Å². The number of carbonyl (C=O) groups excluding carboxylic acids is 1. The highest BCUT2D eigenvalue weighted by atomic mass is 35.5. The van der Waals surface area contributed by atoms with Crippen molar-refractivity contribution in [3.63, 3.8) is 0 Å². The van der Waals surface area contributed by atoms with Gasteiger partial charge in [0, 0.05) is 59.2 Å². The molecule has 3 aromatic heterocycles. The van der Waals surface area contributed by atoms with Crippen LogP contribution < -0.4 is 4.90 Å². The Morgan fingerprint density at radius 1 is 1.09 bits per heavy atom. The Hall–Kier alpha value is -4.29. The number of rotatable bonds is 6. The first-order valence-electron chi connectivity index (χ1n) is 18.9. The lowest BCUT2D eigenvalue weighted by atomic mass is 9.94. The number of carbonyl (C=O) groups is 1. The minimum Gasteiger partial charge on any atom is -0.444 e. The number of benzene rings is 2. The first kappa shape index (κ1) is 37.6. The molecule has 16 heteroatoms. The summed E-state index contributed by atoms with van der Waals surface area (Å²) in [6.45, 7) is 9.68. The van der Waals surface area contributed by atoms with E-state index in [0.29, 0.717) is 88.9 Å². The second-order valence-corrected chi connectivity index (χ2v) is 17.0. The number of anilines is 1. The Kier molecular flexibility index (Phi) is 9.81. The van der Waals surface area contributed by atoms with E-state index in [4.69, 9.17) is 42.8 Å². The SMILES string of the molecule is Cc1c(Cl)cc2c(cnn2C2CCCCO2)c1-c1c(Cl)cc2c(nc(N3CC(N(C)C)C3)c3nnn([C@H]4CCN(C(=O)OC(C)(C)C)[C@H](CC#N)C4)c32)c1F. The molecule has 3 aliphatic rings. The number of hydrogen-bond acceptors (Lipinski definition) is 10. The van der Waals surface area contributed by atoms with Crippen LogP contribution in [0.5, 0.6) is 0 Å². The molecule has 3 atom stereocenters. The Morgan fingerprint density at radius 3 is 2.56 bits per heavy atom. The molecule has 13 nitrogen and oxygen atoms in total. The summed E-state index contributed by atoms with van der Waals surface area (Å²) in [5.41, 5.74) is 2.73. The first-order valence-corrected chi connectivity index (χ1v) is 19.6. The number of halogens is 3. The van der Waals surface area contributed by atoms with Gasteiger partial charge in [0.1, 0.15) is 16.6 Å². The lowest BCUT2D eigenvalue weighted by Crippen LogP contribution is -2.57. The number of likely N-dealkylation sites (N-methyl/N-ethyl adjacent to an activating group) is 1. The predicted octanol–water partition coefficient (Wildman–Crippen LogP) is 8.05. The molecular formula is C39H45Cl2FN10O3. The minimum atomic E-state index is -0.681. The highest BCUT2D eigenvalue weighted by Crippen LogP contribution is 2.46. The maximum Gasteiger partial charge on any atom is 0.410 e. The Labute approximate surface area is 328 Å². The zero-order chi connectivity index (χ0) is 38.9. The van der Waals surface area contributed by atoms with Crippen LogP contribution in [0, 0.1) is 24.1 Å². The molecule has 0 spiro atoms. The van der Waals surface area contributed by atoms with Crippen LogP contribution >= 0.6 is 23.2 Å². The van der Waals surface area contributed by atoms with Crippen LogP contribution in [-0.2, 0) is 9.47 Å². The van der Waals surface area contributed by atoms with Gasteiger partial charge in [0.25, 0.3) is 0 Å². The summed E-state index contributed by atoms with van der Waals surface area (Å²) in [7, 11) is 4.07. The molecule has 1 unspecified atom stereocenters. The van der Waals surface area contributed by atoms with Gasteiger partial charge in [-0.1, -0.05) is 28.4 Å². The molecule has 3 fully saturated rings. The van der Waals surface area contributed by atoms with E-state index in [9.17, 15) is 10.1 Å². The molecule has 3 saturated heterocycles. The van der Waals surface area contributed by atoms with Gasteiger partial charge in [-0.3, -0.25) is 0 Å². The summed E-state index contributed by atoms with van der Waals surface area (Å²) in [5, 5.41) is 25.6. The molecule has 290 valence electrons. The average molecular weight is 792 g/mol. The van der Waals surface area contributed by atoms with Crippen molar-refractivity contribution >= 4 is 68.0 Å². The molecule has 0 aliphatic carbocycles. The average Bonchev–Trinajstić information content (AvgIpc) is 3.74. The molecule has 0 radical (unpaired) electrons. The van der Waals surface area contributed by atoms with Gasteiger partial charge >= 0.3 is 6.09 Å². The first-order chi connectivity index (χ1) is 26.3. The number of hydrogen-bond donors (Lipinski definition) is 0. The van der Waals surface area contributed by atoms with Crippen LogP contribution in [0.15, 0.2) is 18.3 Å². The van der Waals surface area contributed by atoms with E-state index in [-0.39, 0.29) is 34.8 Å². The van der Waals surface area contributed by atoms with Crippen molar-refractivity contribution < 1.29 is 18.7 Å². The summed E-state index contributed by atoms with van der Waals surface area (Å²) in [5.74, 6) is -0.0486. The van der Waals surface area contributed by atoms with Crippen molar-refractivity contribution in [2.45, 2.75) is 96.2 Å². The molecule has 0 saturated carbocycles. The van der Waals surface area contributed by atoms with Crippen molar-refractivity contribution in [2.24, 2.45) is 0 Å². The number of fused-ring (bicyclic) bond motifs is 4. The van der Waals surface area contributed by atoms with E-state index in [1.165, 1.54) is 0 Å². The van der Waals surface area contributed by atoms with Crippen molar-refractivity contribution in [3.05, 3.63) is 39.8 Å². The highest BCUT2D eigenvalue weighted by Gasteiger charge is 2.38. The number of nitrogens with zero attached hydrogens (tertiary/aromatic N) is 10. The Morgan fingerprint density at radius 2 is 1.87 bits per heavy atom. The summed E-state index contributed by atoms with van der Waals surface area (Å²) in [6.07, 6.45) is 4.93. The topological polar surface area (TPSA) is 130 Å². The maximum absolute atomic E-state index is 17.6. The summed E-state index contributed by atoms with van der Waals surface area (Å²) < 4.78 is 33.0. The lowest BCUT2D eigenvalue weighted by Gasteiger charge is -2.43. The van der Waals surface area contributed by atoms with Crippen LogP contribution in [0.25, 0.3) is 44.0 Å². The van der Waals surface area contributed by atoms with E-state index in [2.05, 4.69) is 26.2 Å². The Balaban J connectivity index is 1.28. The molecular weight excluding hydrogens is 746 g/mol. The van der Waals surface area contributed by atoms with E-state index in [0.717, 1.165) is 24.8 Å². The van der Waals surface area contributed by atoms with Crippen LogP contribution in [-0.4, -0.2) is 104 Å². The quantitative estimate of drug-likeness (QED) is 0.167. The fourth-order valence-electron chi connectivity index (χ4n) is 8.25. The highest BCUT2D eigenvalue weighted by molar-refractivity contribution is 6.36. The summed E-state index contributed by atoms with van der Waals surface area (Å²) in [6, 6.07) is 5.47. The molecule has 1 amide bonds. The number of pyridine rings is 1. The largest absolute Gasteiger partial charge is 0.444 e. The van der Waals surface area contributed by atoms with Crippen LogP contribution in [0.2, 0.25) is 10.0 Å². The molecule has 6 heterocycles. The van der Waals surface area contributed by atoms with E-state index < -0.39 is 23.6 Å². The monoisotopic (exact) mass is 790 g/mol. The standard InChI is InChI=1S/C39H45Cl2FN10O3/c1-21-27(40)17-29-26(18-44-52(29)30-9-7-8-14-54-30)31(21)32-28(41)16-25-34(33(32)42)45-37(49-19-24(20-49)48(5)6)35-36(25)51(47-46-35)23-11-13-50(22(15-23)10-12-43)38(53)55-39(2,3)4/h16-18,22-24,30H,7-11,13-15,19-20H2,1-6H3/t22-,23+,30?/m1/s1. The molecule has 55 heavy (non-hydrogen) atoms. The van der Waals surface area contributed by atoms with Crippen LogP contribution in [0.4, 0.5) is 15.0 Å². The number of ether oxygens (including phenoxy) is 2. The third-order valence-electron chi connectivity index (χ3n) is 11.2. The zero-order valence-electron chi connectivity index (χ0n) is 31.9. The van der Waals surface area contributed by atoms with Gasteiger partial charge in [0.2, 0.25) is 0 Å². The van der Waals surface area contributed by atoms with Crippen LogP contribution in [0.3, 0.4) is 0 Å². The van der Waals surface area contributed by atoms with Gasteiger partial charge in [-0.2, -0.15) is 10.4 Å². The summed E-state index contributed by atoms with van der Waals surface area (Å²) in [4.78, 5) is 24.1. The van der Waals surface area contributed by atoms with Gasteiger partial charge in [-0.25, -0.2) is 23.5 Å². The molecule has 2 aromatic carbocycles. The number of piperidine rings is 1. The Bertz CT molecular complexity index is 2350. The van der Waals surface area contributed by atoms with E-state index in [1.807, 2.05) is 57.2 Å². The normalized spacial score (nSPS) is 21.1. The molecule has 5 aromatic rings. The molecule has 8 rings (SSSR count). The second kappa shape index (κ2) is 14.3. The van der Waals surface area contributed by atoms with Gasteiger partial charge in [-0.15, -0.1) is 5.10 Å².